The van der Waals surface area contributed by atoms with Gasteiger partial charge in [0.25, 0.3) is 0 Å². The lowest BCUT2D eigenvalue weighted by atomic mass is 9.99. The lowest BCUT2D eigenvalue weighted by Gasteiger charge is -2.21. The van der Waals surface area contributed by atoms with Gasteiger partial charge in [-0.1, -0.05) is 408 Å². The second-order valence-corrected chi connectivity index (χ2v) is 35.4. The Kier molecular flexibility index (Phi) is 75.6. The fraction of sp³-hybridized carbons (Fsp3) is 0.954. The van der Waals surface area contributed by atoms with Gasteiger partial charge in [-0.2, -0.15) is 0 Å². The van der Waals surface area contributed by atoms with Crippen LogP contribution in [-0.2, 0) is 65.4 Å². The summed E-state index contributed by atoms with van der Waals surface area (Å²) in [6.07, 6.45) is 67.8. The molecule has 0 amide bonds. The van der Waals surface area contributed by atoms with Crippen molar-refractivity contribution in [3.05, 3.63) is 0 Å². The molecule has 0 aromatic heterocycles. The number of esters is 4. The zero-order chi connectivity index (χ0) is 77.9. The van der Waals surface area contributed by atoms with Gasteiger partial charge in [0, 0.05) is 25.7 Å². The van der Waals surface area contributed by atoms with Gasteiger partial charge in [-0.05, 0) is 43.4 Å². The first-order chi connectivity index (χ1) is 51.3. The van der Waals surface area contributed by atoms with Crippen molar-refractivity contribution in [3.8, 4) is 0 Å². The van der Waals surface area contributed by atoms with Gasteiger partial charge in [0.2, 0.25) is 0 Å². The van der Waals surface area contributed by atoms with Crippen LogP contribution in [0.1, 0.15) is 459 Å². The van der Waals surface area contributed by atoms with Crippen LogP contribution < -0.4 is 0 Å². The number of aliphatic hydroxyl groups is 1. The molecule has 0 rings (SSSR count). The second-order valence-electron chi connectivity index (χ2n) is 32.5. The summed E-state index contributed by atoms with van der Waals surface area (Å²) in [4.78, 5) is 73.3. The quantitative estimate of drug-likeness (QED) is 0.0222. The number of rotatable bonds is 85. The van der Waals surface area contributed by atoms with Gasteiger partial charge in [0.15, 0.2) is 12.2 Å². The van der Waals surface area contributed by atoms with E-state index in [0.29, 0.717) is 25.7 Å². The molecule has 0 aliphatic rings. The van der Waals surface area contributed by atoms with Gasteiger partial charge >= 0.3 is 39.5 Å². The van der Waals surface area contributed by atoms with Gasteiger partial charge in [-0.3, -0.25) is 37.3 Å². The molecule has 0 saturated carbocycles. The van der Waals surface area contributed by atoms with Crippen molar-refractivity contribution in [3.63, 3.8) is 0 Å². The first-order valence-corrected chi connectivity index (χ1v) is 47.9. The third-order valence-corrected chi connectivity index (χ3v) is 22.6. The molecule has 17 nitrogen and oxygen atoms in total. The molecule has 0 saturated heterocycles. The van der Waals surface area contributed by atoms with Crippen LogP contribution in [0.2, 0.25) is 0 Å². The Balaban J connectivity index is 5.27. The molecule has 0 aliphatic heterocycles. The van der Waals surface area contributed by atoms with E-state index in [1.54, 1.807) is 0 Å². The van der Waals surface area contributed by atoms with Gasteiger partial charge in [0.05, 0.1) is 26.4 Å². The molecule has 6 atom stereocenters. The van der Waals surface area contributed by atoms with Crippen LogP contribution in [-0.4, -0.2) is 96.7 Å². The van der Waals surface area contributed by atoms with Gasteiger partial charge < -0.3 is 33.8 Å². The molecule has 0 heterocycles. The number of phosphoric ester groups is 2. The zero-order valence-corrected chi connectivity index (χ0v) is 71.7. The smallest absolute Gasteiger partial charge is 0.462 e. The molecule has 3 unspecified atom stereocenters. The summed E-state index contributed by atoms with van der Waals surface area (Å²) in [5, 5.41) is 10.7. The lowest BCUT2D eigenvalue weighted by Crippen LogP contribution is -2.30. The number of aliphatic hydroxyl groups excluding tert-OH is 1. The maximum absolute atomic E-state index is 13.2. The van der Waals surface area contributed by atoms with E-state index in [1.807, 2.05) is 0 Å². The lowest BCUT2D eigenvalue weighted by molar-refractivity contribution is -0.161. The SMILES string of the molecule is CCCCCCCCCCCCCCCC(=O)OC[C@H](COP(=O)(O)OC[C@H](O)COP(=O)(O)OC[C@@H](COC(=O)CCCCCCCCCCCCCCCCC(C)CC)OC(=O)CCCCCCCCCCCCCCCCCCC(C)C)OC(=O)CCCCCCCCCCCCCCCC(C)C. The van der Waals surface area contributed by atoms with Crippen molar-refractivity contribution >= 4 is 39.5 Å². The Labute approximate surface area is 651 Å². The summed E-state index contributed by atoms with van der Waals surface area (Å²) >= 11 is 0. The summed E-state index contributed by atoms with van der Waals surface area (Å²) in [5.41, 5.74) is 0. The van der Waals surface area contributed by atoms with Crippen molar-refractivity contribution in [2.75, 3.05) is 39.6 Å². The molecule has 0 aromatic carbocycles. The maximum atomic E-state index is 13.2. The number of carbonyl (C=O) groups excluding carboxylic acids is 4. The van der Waals surface area contributed by atoms with Crippen molar-refractivity contribution in [1.82, 2.24) is 0 Å². The fourth-order valence-electron chi connectivity index (χ4n) is 13.5. The van der Waals surface area contributed by atoms with E-state index < -0.39 is 97.5 Å². The molecule has 106 heavy (non-hydrogen) atoms. The van der Waals surface area contributed by atoms with Crippen molar-refractivity contribution in [2.45, 2.75) is 478 Å². The van der Waals surface area contributed by atoms with Crippen LogP contribution in [0.25, 0.3) is 0 Å². The van der Waals surface area contributed by atoms with E-state index in [9.17, 15) is 43.2 Å². The monoisotopic (exact) mass is 1550 g/mol. The Morgan fingerprint density at radius 1 is 0.274 bits per heavy atom. The highest BCUT2D eigenvalue weighted by Gasteiger charge is 2.31. The molecule has 3 N–H and O–H groups in total. The topological polar surface area (TPSA) is 237 Å². The van der Waals surface area contributed by atoms with Gasteiger partial charge in [-0.15, -0.1) is 0 Å². The van der Waals surface area contributed by atoms with Crippen LogP contribution in [0.4, 0.5) is 0 Å². The zero-order valence-electron chi connectivity index (χ0n) is 69.9. The number of hydrogen-bond donors (Lipinski definition) is 3. The highest BCUT2D eigenvalue weighted by molar-refractivity contribution is 7.47. The molecule has 0 spiro atoms. The minimum absolute atomic E-state index is 0.108. The van der Waals surface area contributed by atoms with E-state index >= 15 is 0 Å². The van der Waals surface area contributed by atoms with Crippen LogP contribution in [0.5, 0.6) is 0 Å². The predicted molar refractivity (Wildman–Crippen MR) is 437 cm³/mol. The fourth-order valence-corrected chi connectivity index (χ4v) is 15.1. The molecular weight excluding hydrogens is 1380 g/mol. The summed E-state index contributed by atoms with van der Waals surface area (Å²) < 4.78 is 69.0. The average molecular weight is 1550 g/mol. The van der Waals surface area contributed by atoms with Gasteiger partial charge in [-0.25, -0.2) is 9.13 Å². The Hall–Kier alpha value is -1.94. The summed E-state index contributed by atoms with van der Waals surface area (Å²) in [5.74, 6) is 0.345. The minimum atomic E-state index is -4.97. The van der Waals surface area contributed by atoms with Crippen LogP contribution >= 0.6 is 15.6 Å². The van der Waals surface area contributed by atoms with Crippen molar-refractivity contribution < 1.29 is 80.2 Å². The molecule has 0 radical (unpaired) electrons. The van der Waals surface area contributed by atoms with E-state index in [1.165, 1.54) is 270 Å². The standard InChI is InChI=1S/C87H170O17P2/c1-8-10-11-12-13-14-15-23-33-40-47-54-61-68-84(89)97-74-82(104-87(92)71-64-57-50-43-36-29-22-25-31-38-45-52-59-66-79(5)6)76-101-105(93,94)99-72-81(88)73-100-106(95,96)102-77-83(75-98-85(90)69-62-55-48-41-34-27-21-20-26-32-39-46-53-60-67-80(7)9-2)103-86(91)70-63-56-49-42-35-28-19-17-16-18-24-30-37-44-51-58-65-78(3)4/h78-83,88H,8-77H2,1-7H3,(H,93,94)(H,95,96)/t80?,81-,82+,83+/m0/s1. The molecule has 0 bridgehead atoms. The Bertz CT molecular complexity index is 2050. The normalized spacial score (nSPS) is 14.1. The van der Waals surface area contributed by atoms with E-state index in [2.05, 4.69) is 48.5 Å². The average Bonchev–Trinajstić information content (AvgIpc) is 0.902. The third kappa shape index (κ3) is 78.7. The number of ether oxygens (including phenoxy) is 4. The summed E-state index contributed by atoms with van der Waals surface area (Å²) in [7, 11) is -9.93. The van der Waals surface area contributed by atoms with Crippen molar-refractivity contribution in [2.24, 2.45) is 17.8 Å². The Morgan fingerprint density at radius 3 is 0.717 bits per heavy atom. The first-order valence-electron chi connectivity index (χ1n) is 44.9. The first kappa shape index (κ1) is 104. The van der Waals surface area contributed by atoms with E-state index in [4.69, 9.17) is 37.0 Å². The van der Waals surface area contributed by atoms with E-state index in [-0.39, 0.29) is 25.7 Å². The van der Waals surface area contributed by atoms with Crippen LogP contribution in [0.3, 0.4) is 0 Å². The van der Waals surface area contributed by atoms with Gasteiger partial charge in [0.1, 0.15) is 19.3 Å². The highest BCUT2D eigenvalue weighted by Crippen LogP contribution is 2.45. The molecule has 630 valence electrons. The molecule has 0 fully saturated rings. The third-order valence-electron chi connectivity index (χ3n) is 20.7. The minimum Gasteiger partial charge on any atom is -0.462 e. The number of unbranched alkanes of at least 4 members (excludes halogenated alkanes) is 52. The summed E-state index contributed by atoms with van der Waals surface area (Å²) in [6, 6.07) is 0. The Morgan fingerprint density at radius 2 is 0.481 bits per heavy atom. The summed E-state index contributed by atoms with van der Waals surface area (Å²) in [6.45, 7) is 12.1. The number of phosphoric acid groups is 2. The van der Waals surface area contributed by atoms with E-state index in [0.717, 1.165) is 108 Å². The highest BCUT2D eigenvalue weighted by atomic mass is 31.2. The van der Waals surface area contributed by atoms with Crippen LogP contribution in [0.15, 0.2) is 0 Å². The number of hydrogen-bond acceptors (Lipinski definition) is 15. The molecule has 0 aromatic rings. The second kappa shape index (κ2) is 77.0. The number of carbonyl (C=O) groups is 4. The largest absolute Gasteiger partial charge is 0.472 e. The molecule has 0 aliphatic carbocycles. The predicted octanol–water partition coefficient (Wildman–Crippen LogP) is 26.5. The van der Waals surface area contributed by atoms with Crippen LogP contribution in [0, 0.1) is 17.8 Å². The maximum Gasteiger partial charge on any atom is 0.472 e. The molecular formula is C87H170O17P2. The van der Waals surface area contributed by atoms with Crippen molar-refractivity contribution in [1.29, 1.82) is 0 Å². The molecule has 19 heteroatoms.